The summed E-state index contributed by atoms with van der Waals surface area (Å²) in [4.78, 5) is 14.0. The highest BCUT2D eigenvalue weighted by Gasteiger charge is 2.27. The predicted octanol–water partition coefficient (Wildman–Crippen LogP) is 5.44. The van der Waals surface area contributed by atoms with Crippen molar-refractivity contribution >= 4 is 0 Å². The van der Waals surface area contributed by atoms with Crippen LogP contribution in [-0.4, -0.2) is 36.4 Å². The average molecular weight is 463 g/mol. The summed E-state index contributed by atoms with van der Waals surface area (Å²) >= 11 is 0. The van der Waals surface area contributed by atoms with Crippen LogP contribution >= 0.6 is 0 Å². The maximum Gasteiger partial charge on any atom is 0.238 e. The molecule has 0 aliphatic carbocycles. The van der Waals surface area contributed by atoms with Crippen molar-refractivity contribution in [2.24, 2.45) is 0 Å². The van der Waals surface area contributed by atoms with Crippen LogP contribution in [-0.2, 0) is 6.54 Å². The minimum Gasteiger partial charge on any atom is -0.479 e. The zero-order valence-corrected chi connectivity index (χ0v) is 19.8. The van der Waals surface area contributed by atoms with Crippen molar-refractivity contribution in [3.63, 3.8) is 0 Å². The number of pyridine rings is 1. The van der Waals surface area contributed by atoms with E-state index in [1.807, 2.05) is 40.6 Å². The minimum absolute atomic E-state index is 0.213. The molecule has 6 rings (SSSR count). The molecule has 0 N–H and O–H groups in total. The van der Waals surface area contributed by atoms with E-state index in [0.29, 0.717) is 17.4 Å². The lowest BCUT2D eigenvalue weighted by Gasteiger charge is -2.22. The quantitative estimate of drug-likeness (QED) is 0.348. The monoisotopic (exact) mass is 462 g/mol. The van der Waals surface area contributed by atoms with Crippen LogP contribution in [0.25, 0.3) is 28.3 Å². The normalized spacial score (nSPS) is 15.1. The van der Waals surface area contributed by atoms with Crippen LogP contribution in [0.3, 0.4) is 0 Å². The number of hydrogen-bond donors (Lipinski definition) is 0. The van der Waals surface area contributed by atoms with Gasteiger partial charge in [0.25, 0.3) is 0 Å². The van der Waals surface area contributed by atoms with Crippen LogP contribution in [0.1, 0.15) is 35.8 Å². The van der Waals surface area contributed by atoms with Gasteiger partial charge in [0.05, 0.1) is 19.1 Å². The van der Waals surface area contributed by atoms with Gasteiger partial charge < -0.3 is 9.30 Å². The van der Waals surface area contributed by atoms with Crippen molar-refractivity contribution in [3.05, 3.63) is 96.3 Å². The zero-order chi connectivity index (χ0) is 23.8. The van der Waals surface area contributed by atoms with Gasteiger partial charge in [-0.05, 0) is 48.6 Å². The SMILES string of the molecule is COc1nc(-c2nc3n(n2)CCCC3c2ccc(-c3ccccc3)cc2)ccc1-n1cnc(C)c1. The number of benzene rings is 2. The van der Waals surface area contributed by atoms with E-state index in [0.717, 1.165) is 36.6 Å². The fourth-order valence-corrected chi connectivity index (χ4v) is 4.77. The second-order valence-corrected chi connectivity index (χ2v) is 8.85. The summed E-state index contributed by atoms with van der Waals surface area (Å²) in [6.07, 6.45) is 5.82. The van der Waals surface area contributed by atoms with Crippen molar-refractivity contribution in [2.75, 3.05) is 7.11 Å². The van der Waals surface area contributed by atoms with Crippen LogP contribution < -0.4 is 4.74 Å². The third-order valence-corrected chi connectivity index (χ3v) is 6.55. The standard InChI is InChI=1S/C28H26N6O/c1-19-17-33(18-29-19)25-15-14-24(30-28(25)35-2)26-31-27-23(9-6-16-34(27)32-26)22-12-10-21(11-13-22)20-7-4-3-5-8-20/h3-5,7-8,10-15,17-18,23H,6,9,16H2,1-2H3. The number of fused-ring (bicyclic) bond motifs is 1. The number of rotatable bonds is 5. The van der Waals surface area contributed by atoms with E-state index in [-0.39, 0.29) is 5.92 Å². The molecule has 0 fully saturated rings. The number of ether oxygens (including phenoxy) is 1. The molecular weight excluding hydrogens is 436 g/mol. The molecule has 35 heavy (non-hydrogen) atoms. The summed E-state index contributed by atoms with van der Waals surface area (Å²) in [5.41, 5.74) is 6.17. The lowest BCUT2D eigenvalue weighted by Crippen LogP contribution is -2.17. The molecule has 0 radical (unpaired) electrons. The van der Waals surface area contributed by atoms with Crippen LogP contribution in [0, 0.1) is 6.92 Å². The second-order valence-electron chi connectivity index (χ2n) is 8.85. The molecule has 4 heterocycles. The molecule has 1 aliphatic heterocycles. The first-order valence-corrected chi connectivity index (χ1v) is 11.9. The molecule has 3 aromatic heterocycles. The van der Waals surface area contributed by atoms with Gasteiger partial charge >= 0.3 is 0 Å². The van der Waals surface area contributed by atoms with Gasteiger partial charge in [0.15, 0.2) is 5.82 Å². The third-order valence-electron chi connectivity index (χ3n) is 6.55. The van der Waals surface area contributed by atoms with Crippen LogP contribution in [0.15, 0.2) is 79.3 Å². The van der Waals surface area contributed by atoms with Crippen molar-refractivity contribution < 1.29 is 4.74 Å². The number of methoxy groups -OCH3 is 1. The molecule has 7 nitrogen and oxygen atoms in total. The number of imidazole rings is 1. The molecule has 0 spiro atoms. The van der Waals surface area contributed by atoms with Gasteiger partial charge in [-0.3, -0.25) is 0 Å². The Morgan fingerprint density at radius 3 is 2.46 bits per heavy atom. The molecule has 0 saturated heterocycles. The van der Waals surface area contributed by atoms with E-state index in [1.165, 1.54) is 16.7 Å². The summed E-state index contributed by atoms with van der Waals surface area (Å²) in [5, 5.41) is 4.81. The Balaban J connectivity index is 1.32. The lowest BCUT2D eigenvalue weighted by atomic mass is 9.90. The number of aryl methyl sites for hydroxylation is 2. The fourth-order valence-electron chi connectivity index (χ4n) is 4.77. The Kier molecular flexibility index (Phi) is 5.37. The molecule has 0 bridgehead atoms. The maximum atomic E-state index is 5.59. The van der Waals surface area contributed by atoms with Gasteiger partial charge in [-0.15, -0.1) is 5.10 Å². The molecule has 5 aromatic rings. The first-order chi connectivity index (χ1) is 17.2. The summed E-state index contributed by atoms with van der Waals surface area (Å²) in [7, 11) is 1.63. The molecule has 1 aliphatic rings. The largest absolute Gasteiger partial charge is 0.479 e. The van der Waals surface area contributed by atoms with E-state index in [1.54, 1.807) is 13.4 Å². The average Bonchev–Trinajstić information content (AvgIpc) is 3.55. The summed E-state index contributed by atoms with van der Waals surface area (Å²) in [5.74, 6) is 2.35. The zero-order valence-electron chi connectivity index (χ0n) is 19.8. The van der Waals surface area contributed by atoms with E-state index in [2.05, 4.69) is 53.5 Å². The Labute approximate surface area is 204 Å². The molecular formula is C28H26N6O. The van der Waals surface area contributed by atoms with Gasteiger partial charge in [-0.1, -0.05) is 54.6 Å². The van der Waals surface area contributed by atoms with Gasteiger partial charge in [0.1, 0.15) is 17.2 Å². The Morgan fingerprint density at radius 2 is 1.71 bits per heavy atom. The van der Waals surface area contributed by atoms with Crippen LogP contribution in [0.4, 0.5) is 0 Å². The Bertz CT molecular complexity index is 1470. The number of aromatic nitrogens is 6. The second kappa shape index (κ2) is 8.83. The Hall–Kier alpha value is -4.26. The maximum absolute atomic E-state index is 5.59. The molecule has 0 amide bonds. The van der Waals surface area contributed by atoms with Gasteiger partial charge in [-0.2, -0.15) is 0 Å². The van der Waals surface area contributed by atoms with Crippen LogP contribution in [0.2, 0.25) is 0 Å². The van der Waals surface area contributed by atoms with Crippen molar-refractivity contribution in [1.29, 1.82) is 0 Å². The molecule has 1 unspecified atom stereocenters. The predicted molar refractivity (Wildman–Crippen MR) is 135 cm³/mol. The summed E-state index contributed by atoms with van der Waals surface area (Å²) in [6, 6.07) is 23.2. The minimum atomic E-state index is 0.213. The van der Waals surface area contributed by atoms with E-state index < -0.39 is 0 Å². The smallest absolute Gasteiger partial charge is 0.238 e. The highest BCUT2D eigenvalue weighted by atomic mass is 16.5. The van der Waals surface area contributed by atoms with Crippen molar-refractivity contribution in [1.82, 2.24) is 29.3 Å². The summed E-state index contributed by atoms with van der Waals surface area (Å²) in [6.45, 7) is 2.82. The highest BCUT2D eigenvalue weighted by molar-refractivity contribution is 5.63. The van der Waals surface area contributed by atoms with Crippen molar-refractivity contribution in [2.45, 2.75) is 32.2 Å². The Morgan fingerprint density at radius 1 is 0.914 bits per heavy atom. The van der Waals surface area contributed by atoms with E-state index >= 15 is 0 Å². The topological polar surface area (TPSA) is 70.7 Å². The first kappa shape index (κ1) is 21.3. The van der Waals surface area contributed by atoms with Gasteiger partial charge in [-0.25, -0.2) is 19.6 Å². The molecule has 7 heteroatoms. The molecule has 0 saturated carbocycles. The highest BCUT2D eigenvalue weighted by Crippen LogP contribution is 2.35. The number of hydrogen-bond acceptors (Lipinski definition) is 5. The fraction of sp³-hybridized carbons (Fsp3) is 0.214. The number of nitrogens with zero attached hydrogens (tertiary/aromatic N) is 6. The van der Waals surface area contributed by atoms with Gasteiger partial charge in [0, 0.05) is 18.7 Å². The molecule has 174 valence electrons. The third kappa shape index (κ3) is 3.99. The molecule has 2 aromatic carbocycles. The lowest BCUT2D eigenvalue weighted by molar-refractivity contribution is 0.396. The van der Waals surface area contributed by atoms with E-state index in [9.17, 15) is 0 Å². The molecule has 1 atom stereocenters. The summed E-state index contributed by atoms with van der Waals surface area (Å²) < 4.78 is 9.54. The van der Waals surface area contributed by atoms with Gasteiger partial charge in [0.2, 0.25) is 5.88 Å². The first-order valence-electron chi connectivity index (χ1n) is 11.9. The van der Waals surface area contributed by atoms with Crippen molar-refractivity contribution in [3.8, 4) is 34.2 Å². The van der Waals surface area contributed by atoms with Crippen LogP contribution in [0.5, 0.6) is 5.88 Å². The van der Waals surface area contributed by atoms with E-state index in [4.69, 9.17) is 19.8 Å².